The Morgan fingerprint density at radius 2 is 1.89 bits per heavy atom. The molecule has 98 valence electrons. The summed E-state index contributed by atoms with van der Waals surface area (Å²) in [5.74, 6) is 1.21. The molecule has 6 nitrogen and oxygen atoms in total. The quantitative estimate of drug-likeness (QED) is 0.504. The Morgan fingerprint density at radius 1 is 1.22 bits per heavy atom. The van der Waals surface area contributed by atoms with Crippen molar-refractivity contribution in [2.24, 2.45) is 5.16 Å². The molecule has 0 heterocycles. The van der Waals surface area contributed by atoms with E-state index in [1.54, 1.807) is 39.3 Å². The van der Waals surface area contributed by atoms with Crippen molar-refractivity contribution < 1.29 is 19.1 Å². The van der Waals surface area contributed by atoms with Crippen LogP contribution >= 0.6 is 0 Å². The van der Waals surface area contributed by atoms with Gasteiger partial charge in [-0.05, 0) is 25.1 Å². The van der Waals surface area contributed by atoms with Gasteiger partial charge in [0.15, 0.2) is 11.5 Å². The molecule has 0 bridgehead atoms. The largest absolute Gasteiger partial charge is 0.493 e. The fourth-order valence-corrected chi connectivity index (χ4v) is 1.27. The van der Waals surface area contributed by atoms with Crippen LogP contribution in [0.5, 0.6) is 11.5 Å². The molecule has 0 aromatic heterocycles. The van der Waals surface area contributed by atoms with Gasteiger partial charge in [-0.1, -0.05) is 5.16 Å². The lowest BCUT2D eigenvalue weighted by molar-refractivity contribution is 0.153. The Kier molecular flexibility index (Phi) is 4.98. The predicted molar refractivity (Wildman–Crippen MR) is 67.3 cm³/mol. The lowest BCUT2D eigenvalue weighted by atomic mass is 10.1. The summed E-state index contributed by atoms with van der Waals surface area (Å²) in [6.45, 7) is 1.73. The van der Waals surface area contributed by atoms with Gasteiger partial charge < -0.3 is 14.8 Å². The molecular formula is C12H16N2O4. The number of hydrogen-bond acceptors (Lipinski definition) is 5. The van der Waals surface area contributed by atoms with Gasteiger partial charge in [0, 0.05) is 12.6 Å². The van der Waals surface area contributed by atoms with Crippen molar-refractivity contribution in [3.63, 3.8) is 0 Å². The van der Waals surface area contributed by atoms with Gasteiger partial charge in [0.05, 0.1) is 19.9 Å². The highest BCUT2D eigenvalue weighted by Crippen LogP contribution is 2.27. The van der Waals surface area contributed by atoms with Gasteiger partial charge in [0.25, 0.3) is 0 Å². The van der Waals surface area contributed by atoms with Crippen molar-refractivity contribution in [2.45, 2.75) is 6.92 Å². The van der Waals surface area contributed by atoms with Gasteiger partial charge in [-0.3, -0.25) is 4.84 Å². The molecular weight excluding hydrogens is 236 g/mol. The summed E-state index contributed by atoms with van der Waals surface area (Å²) < 4.78 is 10.3. The Balaban J connectivity index is 2.92. The van der Waals surface area contributed by atoms with Crippen molar-refractivity contribution in [1.82, 2.24) is 5.32 Å². The highest BCUT2D eigenvalue weighted by atomic mass is 16.7. The maximum atomic E-state index is 10.9. The van der Waals surface area contributed by atoms with Gasteiger partial charge in [-0.25, -0.2) is 4.79 Å². The van der Waals surface area contributed by atoms with E-state index in [1.807, 2.05) is 0 Å². The fourth-order valence-electron chi connectivity index (χ4n) is 1.27. The second-order valence-electron chi connectivity index (χ2n) is 3.38. The van der Waals surface area contributed by atoms with Gasteiger partial charge in [0.1, 0.15) is 0 Å². The van der Waals surface area contributed by atoms with E-state index < -0.39 is 6.09 Å². The lowest BCUT2D eigenvalue weighted by Gasteiger charge is -2.09. The molecule has 0 saturated carbocycles. The topological polar surface area (TPSA) is 69.2 Å². The molecule has 0 spiro atoms. The van der Waals surface area contributed by atoms with E-state index in [4.69, 9.17) is 9.47 Å². The van der Waals surface area contributed by atoms with Gasteiger partial charge in [-0.2, -0.15) is 0 Å². The first-order chi connectivity index (χ1) is 8.62. The van der Waals surface area contributed by atoms with E-state index in [0.717, 1.165) is 5.56 Å². The molecule has 18 heavy (non-hydrogen) atoms. The third-order valence-electron chi connectivity index (χ3n) is 2.27. The Bertz CT molecular complexity index is 457. The molecule has 0 aliphatic carbocycles. The zero-order valence-electron chi connectivity index (χ0n) is 10.8. The van der Waals surface area contributed by atoms with Crippen LogP contribution in [0.15, 0.2) is 23.4 Å². The van der Waals surface area contributed by atoms with Crippen LogP contribution in [-0.4, -0.2) is 33.1 Å². The minimum absolute atomic E-state index is 0.555. The molecule has 0 radical (unpaired) electrons. The predicted octanol–water partition coefficient (Wildman–Crippen LogP) is 1.78. The molecule has 0 aliphatic heterocycles. The van der Waals surface area contributed by atoms with Crippen LogP contribution in [0.25, 0.3) is 0 Å². The number of rotatable bonds is 4. The number of methoxy groups -OCH3 is 2. The molecule has 0 saturated heterocycles. The van der Waals surface area contributed by atoms with Gasteiger partial charge in [-0.15, -0.1) is 0 Å². The van der Waals surface area contributed by atoms with Crippen molar-refractivity contribution >= 4 is 11.8 Å². The first-order valence-corrected chi connectivity index (χ1v) is 5.28. The first kappa shape index (κ1) is 13.8. The van der Waals surface area contributed by atoms with E-state index in [0.29, 0.717) is 17.2 Å². The van der Waals surface area contributed by atoms with Crippen molar-refractivity contribution in [2.75, 3.05) is 21.3 Å². The number of carbonyl (C=O) groups excluding carboxylic acids is 1. The third-order valence-corrected chi connectivity index (χ3v) is 2.27. The number of nitrogens with zero attached hydrogens (tertiary/aromatic N) is 1. The summed E-state index contributed by atoms with van der Waals surface area (Å²) in [7, 11) is 4.58. The average Bonchev–Trinajstić information content (AvgIpc) is 2.43. The maximum absolute atomic E-state index is 10.9. The van der Waals surface area contributed by atoms with Crippen LogP contribution in [0.1, 0.15) is 12.5 Å². The minimum atomic E-state index is -0.616. The van der Waals surface area contributed by atoms with Gasteiger partial charge >= 0.3 is 6.09 Å². The zero-order valence-corrected chi connectivity index (χ0v) is 10.8. The van der Waals surface area contributed by atoms with Crippen LogP contribution in [-0.2, 0) is 4.84 Å². The number of benzene rings is 1. The van der Waals surface area contributed by atoms with Crippen molar-refractivity contribution in [1.29, 1.82) is 0 Å². The molecule has 0 aliphatic rings. The number of hydrogen-bond donors (Lipinski definition) is 1. The second-order valence-corrected chi connectivity index (χ2v) is 3.38. The smallest absolute Gasteiger partial charge is 0.433 e. The summed E-state index contributed by atoms with van der Waals surface area (Å²) in [4.78, 5) is 15.5. The SMILES string of the molecule is CNC(=O)O/N=C(/C)c1ccc(OC)c(OC)c1. The van der Waals surface area contributed by atoms with E-state index in [2.05, 4.69) is 15.3 Å². The fraction of sp³-hybridized carbons (Fsp3) is 0.333. The Hall–Kier alpha value is -2.24. The number of amides is 1. The normalized spacial score (nSPS) is 10.8. The number of carbonyl (C=O) groups is 1. The molecule has 1 aromatic carbocycles. The summed E-state index contributed by atoms with van der Waals surface area (Å²) >= 11 is 0. The van der Waals surface area contributed by atoms with Crippen molar-refractivity contribution in [3.05, 3.63) is 23.8 Å². The molecule has 1 N–H and O–H groups in total. The average molecular weight is 252 g/mol. The molecule has 0 fully saturated rings. The van der Waals surface area contributed by atoms with Crippen LogP contribution < -0.4 is 14.8 Å². The molecule has 1 amide bonds. The van der Waals surface area contributed by atoms with Crippen LogP contribution in [0.4, 0.5) is 4.79 Å². The minimum Gasteiger partial charge on any atom is -0.493 e. The van der Waals surface area contributed by atoms with Crippen LogP contribution in [0.3, 0.4) is 0 Å². The second kappa shape index (κ2) is 6.48. The third kappa shape index (κ3) is 3.38. The van der Waals surface area contributed by atoms with E-state index >= 15 is 0 Å². The highest BCUT2D eigenvalue weighted by molar-refractivity contribution is 5.99. The molecule has 0 unspecified atom stereocenters. The van der Waals surface area contributed by atoms with Crippen LogP contribution in [0, 0.1) is 0 Å². The van der Waals surface area contributed by atoms with E-state index in [9.17, 15) is 4.79 Å². The summed E-state index contributed by atoms with van der Waals surface area (Å²) in [5, 5.41) is 6.00. The summed E-state index contributed by atoms with van der Waals surface area (Å²) in [6, 6.07) is 5.31. The first-order valence-electron chi connectivity index (χ1n) is 5.28. The van der Waals surface area contributed by atoms with E-state index in [1.165, 1.54) is 7.05 Å². The Morgan fingerprint density at radius 3 is 2.44 bits per heavy atom. The number of ether oxygens (including phenoxy) is 2. The van der Waals surface area contributed by atoms with Crippen molar-refractivity contribution in [3.8, 4) is 11.5 Å². The molecule has 6 heteroatoms. The summed E-state index contributed by atoms with van der Waals surface area (Å²) in [6.07, 6.45) is -0.616. The van der Waals surface area contributed by atoms with Crippen LogP contribution in [0.2, 0.25) is 0 Å². The zero-order chi connectivity index (χ0) is 13.5. The molecule has 0 atom stereocenters. The monoisotopic (exact) mass is 252 g/mol. The maximum Gasteiger partial charge on any atom is 0.433 e. The van der Waals surface area contributed by atoms with Gasteiger partial charge in [0.2, 0.25) is 0 Å². The number of nitrogens with one attached hydrogen (secondary N) is 1. The summed E-state index contributed by atoms with van der Waals surface area (Å²) in [5.41, 5.74) is 1.33. The Labute approximate surface area is 106 Å². The standard InChI is InChI=1S/C12H16N2O4/c1-8(14-18-12(15)13-2)9-5-6-10(16-3)11(7-9)17-4/h5-7H,1-4H3,(H,13,15)/b14-8-. The number of oxime groups is 1. The highest BCUT2D eigenvalue weighted by Gasteiger charge is 2.07. The molecule has 1 rings (SSSR count). The van der Waals surface area contributed by atoms with E-state index in [-0.39, 0.29) is 0 Å². The molecule has 1 aromatic rings. The lowest BCUT2D eigenvalue weighted by Crippen LogP contribution is -2.17.